The largest absolute Gasteiger partial charge is 0.480 e. The number of carbonyl (C=O) groups excluding carboxylic acids is 1. The summed E-state index contributed by atoms with van der Waals surface area (Å²) in [5, 5.41) is 9.15. The smallest absolute Gasteiger partial charge is 0.326 e. The molecule has 1 saturated heterocycles. The molecule has 0 bridgehead atoms. The first-order valence-electron chi connectivity index (χ1n) is 6.68. The third kappa shape index (κ3) is 3.89. The lowest BCUT2D eigenvalue weighted by Crippen LogP contribution is -2.52. The van der Waals surface area contributed by atoms with Crippen molar-refractivity contribution in [2.75, 3.05) is 20.1 Å². The normalized spacial score (nSPS) is 20.0. The summed E-state index contributed by atoms with van der Waals surface area (Å²) in [6, 6.07) is -0.796. The number of likely N-dealkylation sites (tertiary alicyclic amines) is 1. The van der Waals surface area contributed by atoms with E-state index >= 15 is 0 Å². The molecular formula is C13H24N2O3. The molecule has 5 heteroatoms. The molecule has 104 valence electrons. The zero-order chi connectivity index (χ0) is 13.7. The van der Waals surface area contributed by atoms with Crippen molar-refractivity contribution < 1.29 is 14.7 Å². The fourth-order valence-corrected chi connectivity index (χ4v) is 2.18. The second kappa shape index (κ2) is 6.61. The van der Waals surface area contributed by atoms with Crippen LogP contribution in [0.5, 0.6) is 0 Å². The fraction of sp³-hybridized carbons (Fsp3) is 0.846. The third-order valence-electron chi connectivity index (χ3n) is 3.40. The summed E-state index contributed by atoms with van der Waals surface area (Å²) in [4.78, 5) is 26.5. The van der Waals surface area contributed by atoms with Gasteiger partial charge in [0.05, 0.1) is 0 Å². The minimum Gasteiger partial charge on any atom is -0.480 e. The number of hydrogen-bond donors (Lipinski definition) is 1. The monoisotopic (exact) mass is 256 g/mol. The molecule has 5 nitrogen and oxygen atoms in total. The Morgan fingerprint density at radius 3 is 2.61 bits per heavy atom. The van der Waals surface area contributed by atoms with Gasteiger partial charge in [-0.15, -0.1) is 0 Å². The van der Waals surface area contributed by atoms with Crippen LogP contribution in [-0.4, -0.2) is 53.1 Å². The van der Waals surface area contributed by atoms with Gasteiger partial charge in [0.25, 0.3) is 0 Å². The van der Waals surface area contributed by atoms with Crippen molar-refractivity contribution in [1.82, 2.24) is 9.80 Å². The lowest BCUT2D eigenvalue weighted by molar-refractivity contribution is -0.143. The Bertz CT molecular complexity index is 305. The zero-order valence-electron chi connectivity index (χ0n) is 11.6. The first-order chi connectivity index (χ1) is 8.43. The molecule has 0 aromatic rings. The van der Waals surface area contributed by atoms with Crippen LogP contribution in [0.25, 0.3) is 0 Å². The number of carboxylic acids is 1. The van der Waals surface area contributed by atoms with Crippen molar-refractivity contribution in [2.45, 2.75) is 45.6 Å². The molecule has 0 radical (unpaired) electrons. The molecule has 0 spiro atoms. The predicted octanol–water partition coefficient (Wildman–Crippen LogP) is 2.02. The molecule has 1 fully saturated rings. The second-order valence-electron chi connectivity index (χ2n) is 5.43. The minimum atomic E-state index is -0.889. The van der Waals surface area contributed by atoms with E-state index in [1.807, 2.05) is 0 Å². The summed E-state index contributed by atoms with van der Waals surface area (Å²) in [5.41, 5.74) is 0. The summed E-state index contributed by atoms with van der Waals surface area (Å²) >= 11 is 0. The van der Waals surface area contributed by atoms with Crippen molar-refractivity contribution in [3.05, 3.63) is 0 Å². The first-order valence-corrected chi connectivity index (χ1v) is 6.68. The Kier molecular flexibility index (Phi) is 5.44. The SMILES string of the molecule is CC(C)CCN(C)C(=O)N1CCCCC1C(=O)O. The van der Waals surface area contributed by atoms with Gasteiger partial charge in [0, 0.05) is 20.1 Å². The second-order valence-corrected chi connectivity index (χ2v) is 5.43. The molecule has 0 aliphatic carbocycles. The summed E-state index contributed by atoms with van der Waals surface area (Å²) in [5.74, 6) is -0.350. The van der Waals surface area contributed by atoms with Crippen molar-refractivity contribution in [1.29, 1.82) is 0 Å². The number of piperidine rings is 1. The third-order valence-corrected chi connectivity index (χ3v) is 3.40. The van der Waals surface area contributed by atoms with Crippen LogP contribution in [0, 0.1) is 5.92 Å². The summed E-state index contributed by atoms with van der Waals surface area (Å²) in [6.45, 7) is 5.46. The Hall–Kier alpha value is -1.26. The van der Waals surface area contributed by atoms with Gasteiger partial charge in [0.15, 0.2) is 0 Å². The van der Waals surface area contributed by atoms with E-state index in [1.165, 1.54) is 4.90 Å². The predicted molar refractivity (Wildman–Crippen MR) is 69.5 cm³/mol. The van der Waals surface area contributed by atoms with Crippen LogP contribution in [0.4, 0.5) is 4.79 Å². The van der Waals surface area contributed by atoms with Gasteiger partial charge in [-0.3, -0.25) is 0 Å². The quantitative estimate of drug-likeness (QED) is 0.837. The highest BCUT2D eigenvalue weighted by molar-refractivity contribution is 5.82. The van der Waals surface area contributed by atoms with Crippen LogP contribution in [0.3, 0.4) is 0 Å². The summed E-state index contributed by atoms with van der Waals surface area (Å²) < 4.78 is 0. The zero-order valence-corrected chi connectivity index (χ0v) is 11.6. The molecule has 0 saturated carbocycles. The van der Waals surface area contributed by atoms with E-state index in [0.717, 1.165) is 19.3 Å². The standard InChI is InChI=1S/C13H24N2O3/c1-10(2)7-9-14(3)13(18)15-8-5-4-6-11(15)12(16)17/h10-11H,4-9H2,1-3H3,(H,16,17). The number of nitrogens with zero attached hydrogens (tertiary/aromatic N) is 2. The van der Waals surface area contributed by atoms with Crippen LogP contribution in [0.2, 0.25) is 0 Å². The van der Waals surface area contributed by atoms with Crippen LogP contribution in [-0.2, 0) is 4.79 Å². The van der Waals surface area contributed by atoms with Gasteiger partial charge in [0.2, 0.25) is 0 Å². The maximum Gasteiger partial charge on any atom is 0.326 e. The van der Waals surface area contributed by atoms with Crippen LogP contribution >= 0.6 is 0 Å². The number of amides is 2. The van der Waals surface area contributed by atoms with Gasteiger partial charge in [0.1, 0.15) is 6.04 Å². The molecular weight excluding hydrogens is 232 g/mol. The lowest BCUT2D eigenvalue weighted by atomic mass is 10.0. The van der Waals surface area contributed by atoms with Crippen LogP contribution in [0.15, 0.2) is 0 Å². The Morgan fingerprint density at radius 2 is 2.06 bits per heavy atom. The molecule has 0 aromatic heterocycles. The number of carbonyl (C=O) groups is 2. The highest BCUT2D eigenvalue weighted by Gasteiger charge is 2.33. The average molecular weight is 256 g/mol. The van der Waals surface area contributed by atoms with E-state index in [-0.39, 0.29) is 6.03 Å². The van der Waals surface area contributed by atoms with Crippen molar-refractivity contribution in [3.8, 4) is 0 Å². The van der Waals surface area contributed by atoms with E-state index < -0.39 is 12.0 Å². The topological polar surface area (TPSA) is 60.9 Å². The van der Waals surface area contributed by atoms with Gasteiger partial charge in [-0.05, 0) is 31.6 Å². The van der Waals surface area contributed by atoms with Gasteiger partial charge >= 0.3 is 12.0 Å². The maximum absolute atomic E-state index is 12.2. The van der Waals surface area contributed by atoms with E-state index in [4.69, 9.17) is 5.11 Å². The van der Waals surface area contributed by atoms with E-state index in [1.54, 1.807) is 11.9 Å². The molecule has 1 aliphatic heterocycles. The molecule has 1 unspecified atom stereocenters. The highest BCUT2D eigenvalue weighted by atomic mass is 16.4. The van der Waals surface area contributed by atoms with Gasteiger partial charge in [-0.25, -0.2) is 9.59 Å². The number of carboxylic acid groups (broad SMARTS) is 1. The van der Waals surface area contributed by atoms with Crippen LogP contribution < -0.4 is 0 Å². The summed E-state index contributed by atoms with van der Waals surface area (Å²) in [6.07, 6.45) is 3.29. The molecule has 1 aliphatic rings. The molecule has 1 rings (SSSR count). The minimum absolute atomic E-state index is 0.150. The van der Waals surface area contributed by atoms with Crippen molar-refractivity contribution in [3.63, 3.8) is 0 Å². The van der Waals surface area contributed by atoms with Crippen molar-refractivity contribution in [2.24, 2.45) is 5.92 Å². The van der Waals surface area contributed by atoms with E-state index in [2.05, 4.69) is 13.8 Å². The Morgan fingerprint density at radius 1 is 1.39 bits per heavy atom. The Balaban J connectivity index is 2.59. The van der Waals surface area contributed by atoms with E-state index in [9.17, 15) is 9.59 Å². The molecule has 18 heavy (non-hydrogen) atoms. The highest BCUT2D eigenvalue weighted by Crippen LogP contribution is 2.19. The number of urea groups is 1. The van der Waals surface area contributed by atoms with Crippen molar-refractivity contribution >= 4 is 12.0 Å². The van der Waals surface area contributed by atoms with Gasteiger partial charge in [-0.2, -0.15) is 0 Å². The number of aliphatic carboxylic acids is 1. The first kappa shape index (κ1) is 14.8. The molecule has 1 N–H and O–H groups in total. The lowest BCUT2D eigenvalue weighted by Gasteiger charge is -2.35. The van der Waals surface area contributed by atoms with Gasteiger partial charge in [-0.1, -0.05) is 13.8 Å². The average Bonchev–Trinajstić information content (AvgIpc) is 2.34. The Labute approximate surface area is 109 Å². The van der Waals surface area contributed by atoms with Crippen LogP contribution in [0.1, 0.15) is 39.5 Å². The molecule has 0 aromatic carbocycles. The van der Waals surface area contributed by atoms with E-state index in [0.29, 0.717) is 25.4 Å². The maximum atomic E-state index is 12.2. The summed E-state index contributed by atoms with van der Waals surface area (Å²) in [7, 11) is 1.75. The van der Waals surface area contributed by atoms with Gasteiger partial charge < -0.3 is 14.9 Å². The number of hydrogen-bond acceptors (Lipinski definition) is 2. The molecule has 2 amide bonds. The molecule has 1 atom stereocenters. The fourth-order valence-electron chi connectivity index (χ4n) is 2.18. The molecule has 1 heterocycles. The number of rotatable bonds is 4.